The molecular formula is C12H10ClNO2S. The summed E-state index contributed by atoms with van der Waals surface area (Å²) in [6.45, 7) is 0. The van der Waals surface area contributed by atoms with E-state index in [2.05, 4.69) is 5.32 Å². The molecule has 0 saturated carbocycles. The van der Waals surface area contributed by atoms with Crippen LogP contribution in [0.1, 0.15) is 4.88 Å². The average Bonchev–Trinajstić information content (AvgIpc) is 2.68. The number of nitrogens with one attached hydrogen (secondary N) is 1. The number of anilines is 2. The first kappa shape index (κ1) is 12.0. The minimum Gasteiger partial charge on any atom is -0.481 e. The van der Waals surface area contributed by atoms with Gasteiger partial charge in [0, 0.05) is 4.88 Å². The molecule has 0 unspecified atom stereocenters. The highest BCUT2D eigenvalue weighted by atomic mass is 35.5. The van der Waals surface area contributed by atoms with Gasteiger partial charge in [-0.2, -0.15) is 0 Å². The van der Waals surface area contributed by atoms with E-state index in [1.807, 2.05) is 29.6 Å². The van der Waals surface area contributed by atoms with Gasteiger partial charge < -0.3 is 10.4 Å². The topological polar surface area (TPSA) is 49.3 Å². The third-order valence-electron chi connectivity index (χ3n) is 2.20. The van der Waals surface area contributed by atoms with Crippen molar-refractivity contribution in [3.8, 4) is 0 Å². The number of rotatable bonds is 4. The Morgan fingerprint density at radius 1 is 1.29 bits per heavy atom. The molecule has 0 radical (unpaired) electrons. The average molecular weight is 268 g/mol. The molecule has 2 aromatic rings. The molecule has 3 nitrogen and oxygen atoms in total. The zero-order chi connectivity index (χ0) is 12.3. The lowest BCUT2D eigenvalue weighted by Crippen LogP contribution is -2.01. The third-order valence-corrected chi connectivity index (χ3v) is 3.45. The number of hydrogen-bond donors (Lipinski definition) is 2. The summed E-state index contributed by atoms with van der Waals surface area (Å²) in [6.07, 6.45) is 0.0183. The Balaban J connectivity index is 2.22. The summed E-state index contributed by atoms with van der Waals surface area (Å²) in [7, 11) is 0. The molecular weight excluding hydrogens is 258 g/mol. The number of aliphatic carboxylic acids is 1. The van der Waals surface area contributed by atoms with Crippen LogP contribution in [0, 0.1) is 0 Å². The smallest absolute Gasteiger partial charge is 0.308 e. The van der Waals surface area contributed by atoms with Gasteiger partial charge in [-0.1, -0.05) is 23.7 Å². The SMILES string of the molecule is O=C(O)Cc1sccc1Nc1ccccc1Cl. The molecule has 0 saturated heterocycles. The van der Waals surface area contributed by atoms with Crippen LogP contribution < -0.4 is 5.32 Å². The van der Waals surface area contributed by atoms with Crippen LogP contribution in [-0.2, 0) is 11.2 Å². The van der Waals surface area contributed by atoms with Crippen molar-refractivity contribution in [2.75, 3.05) is 5.32 Å². The largest absolute Gasteiger partial charge is 0.481 e. The molecule has 0 amide bonds. The van der Waals surface area contributed by atoms with Gasteiger partial charge in [-0.05, 0) is 23.6 Å². The molecule has 0 fully saturated rings. The van der Waals surface area contributed by atoms with Gasteiger partial charge in [-0.3, -0.25) is 4.79 Å². The number of benzene rings is 1. The summed E-state index contributed by atoms with van der Waals surface area (Å²) < 4.78 is 0. The molecule has 0 aliphatic rings. The summed E-state index contributed by atoms with van der Waals surface area (Å²) in [6, 6.07) is 9.21. The molecule has 0 spiro atoms. The minimum absolute atomic E-state index is 0.0183. The molecule has 5 heteroatoms. The van der Waals surface area contributed by atoms with Crippen molar-refractivity contribution in [3.63, 3.8) is 0 Å². The maximum Gasteiger partial charge on any atom is 0.308 e. The first-order valence-corrected chi connectivity index (χ1v) is 6.22. The lowest BCUT2D eigenvalue weighted by Gasteiger charge is -2.08. The van der Waals surface area contributed by atoms with Crippen LogP contribution >= 0.6 is 22.9 Å². The van der Waals surface area contributed by atoms with Crippen LogP contribution in [0.4, 0.5) is 11.4 Å². The monoisotopic (exact) mass is 267 g/mol. The molecule has 2 N–H and O–H groups in total. The zero-order valence-electron chi connectivity index (χ0n) is 8.81. The van der Waals surface area contributed by atoms with E-state index in [0.717, 1.165) is 16.3 Å². The van der Waals surface area contributed by atoms with Crippen LogP contribution in [0.15, 0.2) is 35.7 Å². The predicted octanol–water partition coefficient (Wildman–Crippen LogP) is 3.77. The molecule has 1 heterocycles. The van der Waals surface area contributed by atoms with Gasteiger partial charge in [0.1, 0.15) is 0 Å². The quantitative estimate of drug-likeness (QED) is 0.886. The lowest BCUT2D eigenvalue weighted by atomic mass is 10.2. The Kier molecular flexibility index (Phi) is 3.66. The molecule has 0 bridgehead atoms. The van der Waals surface area contributed by atoms with Gasteiger partial charge in [-0.25, -0.2) is 0 Å². The fourth-order valence-electron chi connectivity index (χ4n) is 1.43. The van der Waals surface area contributed by atoms with Crippen molar-refractivity contribution >= 4 is 40.3 Å². The Morgan fingerprint density at radius 2 is 2.06 bits per heavy atom. The van der Waals surface area contributed by atoms with E-state index in [1.54, 1.807) is 6.07 Å². The van der Waals surface area contributed by atoms with Crippen molar-refractivity contribution in [2.24, 2.45) is 0 Å². The Bertz CT molecular complexity index is 539. The number of para-hydroxylation sites is 1. The van der Waals surface area contributed by atoms with Gasteiger partial charge in [0.25, 0.3) is 0 Å². The van der Waals surface area contributed by atoms with E-state index in [4.69, 9.17) is 16.7 Å². The van der Waals surface area contributed by atoms with Crippen molar-refractivity contribution in [2.45, 2.75) is 6.42 Å². The van der Waals surface area contributed by atoms with Gasteiger partial charge >= 0.3 is 5.97 Å². The van der Waals surface area contributed by atoms with Crippen LogP contribution in [0.3, 0.4) is 0 Å². The van der Waals surface area contributed by atoms with E-state index < -0.39 is 5.97 Å². The molecule has 0 aliphatic carbocycles. The van der Waals surface area contributed by atoms with E-state index >= 15 is 0 Å². The molecule has 1 aromatic heterocycles. The highest BCUT2D eigenvalue weighted by molar-refractivity contribution is 7.10. The van der Waals surface area contributed by atoms with Gasteiger partial charge in [0.2, 0.25) is 0 Å². The number of thiophene rings is 1. The van der Waals surface area contributed by atoms with Crippen LogP contribution in [0.2, 0.25) is 5.02 Å². The van der Waals surface area contributed by atoms with Gasteiger partial charge in [-0.15, -0.1) is 11.3 Å². The number of carboxylic acids is 1. The number of halogens is 1. The summed E-state index contributed by atoms with van der Waals surface area (Å²) in [5.74, 6) is -0.838. The molecule has 2 rings (SSSR count). The fourth-order valence-corrected chi connectivity index (χ4v) is 2.44. The van der Waals surface area contributed by atoms with Crippen LogP contribution in [-0.4, -0.2) is 11.1 Å². The van der Waals surface area contributed by atoms with Crippen molar-refractivity contribution < 1.29 is 9.90 Å². The van der Waals surface area contributed by atoms with E-state index in [9.17, 15) is 4.79 Å². The highest BCUT2D eigenvalue weighted by Gasteiger charge is 2.09. The molecule has 1 aromatic carbocycles. The second-order valence-electron chi connectivity index (χ2n) is 3.43. The first-order chi connectivity index (χ1) is 8.16. The Labute approximate surface area is 108 Å². The first-order valence-electron chi connectivity index (χ1n) is 4.96. The number of hydrogen-bond acceptors (Lipinski definition) is 3. The van der Waals surface area contributed by atoms with Crippen molar-refractivity contribution in [3.05, 3.63) is 45.6 Å². The lowest BCUT2D eigenvalue weighted by molar-refractivity contribution is -0.136. The van der Waals surface area contributed by atoms with E-state index in [1.165, 1.54) is 11.3 Å². The maximum absolute atomic E-state index is 10.7. The number of carbonyl (C=O) groups is 1. The fraction of sp³-hybridized carbons (Fsp3) is 0.0833. The van der Waals surface area contributed by atoms with Crippen molar-refractivity contribution in [1.29, 1.82) is 0 Å². The summed E-state index contributed by atoms with van der Waals surface area (Å²) in [5.41, 5.74) is 1.57. The summed E-state index contributed by atoms with van der Waals surface area (Å²) in [5, 5.41) is 14.4. The summed E-state index contributed by atoms with van der Waals surface area (Å²) in [4.78, 5) is 11.5. The standard InChI is InChI=1S/C12H10ClNO2S/c13-8-3-1-2-4-9(8)14-10-5-6-17-11(10)7-12(15)16/h1-6,14H,7H2,(H,15,16). The van der Waals surface area contributed by atoms with Crippen LogP contribution in [0.5, 0.6) is 0 Å². The number of carboxylic acid groups (broad SMARTS) is 1. The van der Waals surface area contributed by atoms with Crippen molar-refractivity contribution in [1.82, 2.24) is 0 Å². The summed E-state index contributed by atoms with van der Waals surface area (Å²) >= 11 is 7.44. The molecule has 88 valence electrons. The predicted molar refractivity (Wildman–Crippen MR) is 70.4 cm³/mol. The maximum atomic E-state index is 10.7. The normalized spacial score (nSPS) is 10.2. The van der Waals surface area contributed by atoms with Crippen LogP contribution in [0.25, 0.3) is 0 Å². The highest BCUT2D eigenvalue weighted by Crippen LogP contribution is 2.29. The van der Waals surface area contributed by atoms with Gasteiger partial charge in [0.15, 0.2) is 0 Å². The Hall–Kier alpha value is -1.52. The van der Waals surface area contributed by atoms with E-state index in [-0.39, 0.29) is 6.42 Å². The third kappa shape index (κ3) is 2.99. The zero-order valence-corrected chi connectivity index (χ0v) is 10.4. The molecule has 0 atom stereocenters. The van der Waals surface area contributed by atoms with E-state index in [0.29, 0.717) is 5.02 Å². The molecule has 17 heavy (non-hydrogen) atoms. The minimum atomic E-state index is -0.838. The second kappa shape index (κ2) is 5.21. The molecule has 0 aliphatic heterocycles. The second-order valence-corrected chi connectivity index (χ2v) is 4.84. The Morgan fingerprint density at radius 3 is 2.76 bits per heavy atom. The van der Waals surface area contributed by atoms with Gasteiger partial charge in [0.05, 0.1) is 22.8 Å².